The Labute approximate surface area is 121 Å². The maximum atomic E-state index is 12.3. The third-order valence-electron chi connectivity index (χ3n) is 3.36. The van der Waals surface area contributed by atoms with Gasteiger partial charge >= 0.3 is 0 Å². The summed E-state index contributed by atoms with van der Waals surface area (Å²) >= 11 is 0. The molecule has 112 valence electrons. The van der Waals surface area contributed by atoms with Crippen LogP contribution in [0.4, 0.5) is 11.4 Å². The van der Waals surface area contributed by atoms with Gasteiger partial charge in [-0.05, 0) is 25.0 Å². The molecule has 0 saturated heterocycles. The van der Waals surface area contributed by atoms with Crippen LogP contribution in [0.25, 0.3) is 5.69 Å². The number of non-ortho nitro benzene ring substituents is 1. The summed E-state index contributed by atoms with van der Waals surface area (Å²) in [7, 11) is 0. The molecule has 7 heteroatoms. The van der Waals surface area contributed by atoms with E-state index in [1.54, 1.807) is 12.1 Å². The van der Waals surface area contributed by atoms with E-state index in [9.17, 15) is 14.9 Å². The van der Waals surface area contributed by atoms with E-state index in [1.165, 1.54) is 16.8 Å². The third kappa shape index (κ3) is 2.54. The van der Waals surface area contributed by atoms with Crippen LogP contribution in [0.2, 0.25) is 0 Å². The van der Waals surface area contributed by atoms with E-state index in [-0.39, 0.29) is 16.9 Å². The van der Waals surface area contributed by atoms with E-state index in [0.717, 1.165) is 12.1 Å². The number of aromatic nitrogens is 2. The van der Waals surface area contributed by atoms with Crippen LogP contribution in [0, 0.1) is 10.1 Å². The average Bonchev–Trinajstić information content (AvgIpc) is 2.71. The molecule has 1 aromatic heterocycles. The predicted molar refractivity (Wildman–Crippen MR) is 80.8 cm³/mol. The molecule has 0 spiro atoms. The lowest BCUT2D eigenvalue weighted by Crippen LogP contribution is -2.22. The van der Waals surface area contributed by atoms with Crippen LogP contribution in [-0.4, -0.2) is 14.3 Å². The van der Waals surface area contributed by atoms with Crippen molar-refractivity contribution >= 4 is 11.4 Å². The van der Waals surface area contributed by atoms with Gasteiger partial charge in [-0.3, -0.25) is 19.6 Å². The fourth-order valence-electron chi connectivity index (χ4n) is 2.40. The minimum Gasteiger partial charge on any atom is -0.393 e. The Hall–Kier alpha value is -2.57. The number of nitrogen functional groups attached to an aromatic ring is 1. The van der Waals surface area contributed by atoms with Gasteiger partial charge in [0.05, 0.1) is 16.3 Å². The van der Waals surface area contributed by atoms with Crippen molar-refractivity contribution in [3.05, 3.63) is 50.4 Å². The average molecular weight is 290 g/mol. The fourth-order valence-corrected chi connectivity index (χ4v) is 2.40. The first-order valence-electron chi connectivity index (χ1n) is 6.86. The van der Waals surface area contributed by atoms with Crippen molar-refractivity contribution in [3.63, 3.8) is 0 Å². The van der Waals surface area contributed by atoms with Crippen LogP contribution in [-0.2, 0) is 13.0 Å². The van der Waals surface area contributed by atoms with Crippen molar-refractivity contribution in [2.75, 3.05) is 5.73 Å². The van der Waals surface area contributed by atoms with Crippen molar-refractivity contribution in [2.24, 2.45) is 0 Å². The molecule has 1 heterocycles. The van der Waals surface area contributed by atoms with Crippen molar-refractivity contribution in [2.45, 2.75) is 33.2 Å². The largest absolute Gasteiger partial charge is 0.393 e. The molecule has 0 aliphatic heterocycles. The third-order valence-corrected chi connectivity index (χ3v) is 3.36. The summed E-state index contributed by atoms with van der Waals surface area (Å²) in [6, 6.07) is 5.88. The molecule has 2 rings (SSSR count). The molecule has 0 aliphatic carbocycles. The van der Waals surface area contributed by atoms with Crippen LogP contribution in [0.3, 0.4) is 0 Å². The topological polar surface area (TPSA) is 96.1 Å². The Morgan fingerprint density at radius 3 is 2.33 bits per heavy atom. The second-order valence-corrected chi connectivity index (χ2v) is 4.73. The predicted octanol–water partition coefficient (Wildman–Crippen LogP) is 2.10. The van der Waals surface area contributed by atoms with Gasteiger partial charge in [-0.1, -0.05) is 13.8 Å². The number of nitro groups is 1. The van der Waals surface area contributed by atoms with Gasteiger partial charge in [0, 0.05) is 18.7 Å². The summed E-state index contributed by atoms with van der Waals surface area (Å²) in [5.74, 6) is 0. The zero-order valence-corrected chi connectivity index (χ0v) is 12.1. The SMILES string of the molecule is CCCn1c(CC)c(N)c(=O)n1-c1ccc([N+](=O)[O-])cc1. The highest BCUT2D eigenvalue weighted by molar-refractivity contribution is 5.47. The van der Waals surface area contributed by atoms with Crippen molar-refractivity contribution in [3.8, 4) is 5.69 Å². The molecule has 2 N–H and O–H groups in total. The van der Waals surface area contributed by atoms with E-state index in [1.807, 2.05) is 18.5 Å². The van der Waals surface area contributed by atoms with Gasteiger partial charge in [-0.15, -0.1) is 0 Å². The maximum Gasteiger partial charge on any atom is 0.294 e. The summed E-state index contributed by atoms with van der Waals surface area (Å²) < 4.78 is 3.33. The number of hydrogen-bond acceptors (Lipinski definition) is 4. The number of rotatable bonds is 5. The monoisotopic (exact) mass is 290 g/mol. The normalized spacial score (nSPS) is 10.8. The minimum atomic E-state index is -0.469. The Morgan fingerprint density at radius 2 is 1.86 bits per heavy atom. The van der Waals surface area contributed by atoms with E-state index < -0.39 is 4.92 Å². The molecule has 0 radical (unpaired) electrons. The Morgan fingerprint density at radius 1 is 1.24 bits per heavy atom. The summed E-state index contributed by atoms with van der Waals surface area (Å²) in [6.07, 6.45) is 1.51. The van der Waals surface area contributed by atoms with Crippen molar-refractivity contribution in [1.29, 1.82) is 0 Å². The smallest absolute Gasteiger partial charge is 0.294 e. The summed E-state index contributed by atoms with van der Waals surface area (Å²) in [6.45, 7) is 4.62. The van der Waals surface area contributed by atoms with E-state index in [4.69, 9.17) is 5.73 Å². The lowest BCUT2D eigenvalue weighted by atomic mass is 10.3. The molecule has 0 fully saturated rings. The number of anilines is 1. The van der Waals surface area contributed by atoms with Crippen LogP contribution in [0.15, 0.2) is 29.1 Å². The van der Waals surface area contributed by atoms with Gasteiger partial charge in [0.2, 0.25) is 0 Å². The highest BCUT2D eigenvalue weighted by atomic mass is 16.6. The van der Waals surface area contributed by atoms with Crippen LogP contribution in [0.5, 0.6) is 0 Å². The van der Waals surface area contributed by atoms with Crippen LogP contribution >= 0.6 is 0 Å². The van der Waals surface area contributed by atoms with Gasteiger partial charge in [0.25, 0.3) is 11.2 Å². The van der Waals surface area contributed by atoms with Crippen molar-refractivity contribution < 1.29 is 4.92 Å². The summed E-state index contributed by atoms with van der Waals surface area (Å²) in [4.78, 5) is 22.6. The van der Waals surface area contributed by atoms with E-state index in [2.05, 4.69) is 0 Å². The molecule has 0 unspecified atom stereocenters. The second kappa shape index (κ2) is 5.82. The number of nitro benzene ring substituents is 1. The van der Waals surface area contributed by atoms with Gasteiger partial charge in [0.15, 0.2) is 0 Å². The maximum absolute atomic E-state index is 12.3. The first-order chi connectivity index (χ1) is 10.0. The molecule has 0 amide bonds. The van der Waals surface area contributed by atoms with Crippen molar-refractivity contribution in [1.82, 2.24) is 9.36 Å². The first kappa shape index (κ1) is 14.8. The molecule has 0 aliphatic rings. The molecular weight excluding hydrogens is 272 g/mol. The lowest BCUT2D eigenvalue weighted by molar-refractivity contribution is -0.384. The number of benzene rings is 1. The second-order valence-electron chi connectivity index (χ2n) is 4.73. The van der Waals surface area contributed by atoms with E-state index >= 15 is 0 Å². The molecule has 7 nitrogen and oxygen atoms in total. The van der Waals surface area contributed by atoms with Gasteiger partial charge < -0.3 is 5.73 Å². The Balaban J connectivity index is 2.62. The zero-order valence-electron chi connectivity index (χ0n) is 12.1. The first-order valence-corrected chi connectivity index (χ1v) is 6.86. The van der Waals surface area contributed by atoms with E-state index in [0.29, 0.717) is 18.7 Å². The molecule has 1 aromatic carbocycles. The van der Waals surface area contributed by atoms with Gasteiger partial charge in [-0.2, -0.15) is 0 Å². The Bertz CT molecular complexity index is 713. The lowest BCUT2D eigenvalue weighted by Gasteiger charge is -2.13. The van der Waals surface area contributed by atoms with Gasteiger partial charge in [-0.25, -0.2) is 4.68 Å². The zero-order chi connectivity index (χ0) is 15.6. The summed E-state index contributed by atoms with van der Waals surface area (Å²) in [5, 5.41) is 10.7. The Kier molecular flexibility index (Phi) is 4.11. The molecule has 0 saturated carbocycles. The number of nitrogens with two attached hydrogens (primary N) is 1. The highest BCUT2D eigenvalue weighted by Gasteiger charge is 2.17. The number of hydrogen-bond donors (Lipinski definition) is 1. The van der Waals surface area contributed by atoms with Gasteiger partial charge in [0.1, 0.15) is 5.69 Å². The summed E-state index contributed by atoms with van der Waals surface area (Å²) in [5.41, 5.74) is 7.21. The number of nitrogens with zero attached hydrogens (tertiary/aromatic N) is 3. The highest BCUT2D eigenvalue weighted by Crippen LogP contribution is 2.18. The quantitative estimate of drug-likeness (QED) is 0.673. The van der Waals surface area contributed by atoms with Crippen LogP contribution in [0.1, 0.15) is 26.0 Å². The molecule has 2 aromatic rings. The standard InChI is InChI=1S/C14H18N4O3/c1-3-9-16-12(4-2)13(15)14(19)17(16)10-5-7-11(8-6-10)18(20)21/h5-8H,3-4,9,15H2,1-2H3. The fraction of sp³-hybridized carbons (Fsp3) is 0.357. The molecule has 0 bridgehead atoms. The minimum absolute atomic E-state index is 0.0101. The molecule has 21 heavy (non-hydrogen) atoms. The molecular formula is C14H18N4O3. The van der Waals surface area contributed by atoms with Crippen LogP contribution < -0.4 is 11.3 Å². The molecule has 0 atom stereocenters.